The number of hydrogen-bond donors (Lipinski definition) is 1. The molecule has 0 amide bonds. The summed E-state index contributed by atoms with van der Waals surface area (Å²) in [5, 5.41) is 8.62. The summed E-state index contributed by atoms with van der Waals surface area (Å²) in [6.07, 6.45) is 17.7. The fourth-order valence-corrected chi connectivity index (χ4v) is 7.67. The molecule has 0 spiro atoms. The molecule has 0 radical (unpaired) electrons. The van der Waals surface area contributed by atoms with Crippen LogP contribution in [0.2, 0.25) is 0 Å². The van der Waals surface area contributed by atoms with Crippen LogP contribution in [0.25, 0.3) is 0 Å². The highest BCUT2D eigenvalue weighted by Crippen LogP contribution is 2.12. The van der Waals surface area contributed by atoms with Gasteiger partial charge in [-0.05, 0) is 6.42 Å². The van der Waals surface area contributed by atoms with Gasteiger partial charge >= 0.3 is 0 Å². The molecule has 91 heavy (non-hydrogen) atoms. The normalized spacial score (nSPS) is 11.8. The van der Waals surface area contributed by atoms with E-state index in [0.29, 0.717) is 324 Å². The molecular formula is C65H132O26. The Morgan fingerprint density at radius 1 is 0.121 bits per heavy atom. The zero-order chi connectivity index (χ0) is 64.9. The third kappa shape index (κ3) is 89.0. The maximum atomic E-state index is 8.62. The van der Waals surface area contributed by atoms with E-state index in [1.54, 1.807) is 0 Å². The predicted octanol–water partition coefficient (Wildman–Crippen LogP) is 5.48. The Bertz CT molecular complexity index is 1140. The number of hydrogen-bond acceptors (Lipinski definition) is 26. The molecule has 548 valence electrons. The SMILES string of the molecule is CCCCCCCCCCCCCCCOCCOCCOCCOCCOCCOCCOCCOCCOCCOCCOCCOCCOCCOCCOCCOCCOCCOCCOCCOCCOCCOCCOCCOCCOCCO. The number of aliphatic hydroxyl groups excluding tert-OH is 1. The van der Waals surface area contributed by atoms with Gasteiger partial charge in [0.25, 0.3) is 0 Å². The molecule has 0 rings (SSSR count). The quantitative estimate of drug-likeness (QED) is 0.0740. The van der Waals surface area contributed by atoms with Crippen LogP contribution in [-0.4, -0.2) is 342 Å². The highest BCUT2D eigenvalue weighted by Gasteiger charge is 2.02. The van der Waals surface area contributed by atoms with Gasteiger partial charge in [0.1, 0.15) is 0 Å². The first-order chi connectivity index (χ1) is 45.4. The first-order valence-electron chi connectivity index (χ1n) is 34.5. The Hall–Kier alpha value is -1.04. The monoisotopic (exact) mass is 1330 g/mol. The smallest absolute Gasteiger partial charge is 0.0701 e. The molecule has 0 aromatic heterocycles. The Morgan fingerprint density at radius 2 is 0.220 bits per heavy atom. The summed E-state index contributed by atoms with van der Waals surface area (Å²) in [5.41, 5.74) is 0. The first kappa shape index (κ1) is 90.0. The van der Waals surface area contributed by atoms with E-state index in [2.05, 4.69) is 6.92 Å². The van der Waals surface area contributed by atoms with Crippen LogP contribution in [0.5, 0.6) is 0 Å². The lowest BCUT2D eigenvalue weighted by atomic mass is 10.0. The molecule has 0 aromatic carbocycles. The number of rotatable bonds is 88. The van der Waals surface area contributed by atoms with Gasteiger partial charge in [0, 0.05) is 6.61 Å². The van der Waals surface area contributed by atoms with E-state index in [1.807, 2.05) is 0 Å². The summed E-state index contributed by atoms with van der Waals surface area (Å²) in [5.74, 6) is 0. The first-order valence-corrected chi connectivity index (χ1v) is 34.5. The van der Waals surface area contributed by atoms with Crippen LogP contribution < -0.4 is 0 Å². The molecule has 0 heterocycles. The van der Waals surface area contributed by atoms with Crippen molar-refractivity contribution >= 4 is 0 Å². The topological polar surface area (TPSA) is 251 Å². The highest BCUT2D eigenvalue weighted by molar-refractivity contribution is 4.50. The fourth-order valence-electron chi connectivity index (χ4n) is 7.67. The largest absolute Gasteiger partial charge is 0.394 e. The van der Waals surface area contributed by atoms with Crippen molar-refractivity contribution in [3.63, 3.8) is 0 Å². The van der Waals surface area contributed by atoms with Gasteiger partial charge in [-0.3, -0.25) is 0 Å². The van der Waals surface area contributed by atoms with Gasteiger partial charge in [-0.25, -0.2) is 0 Å². The van der Waals surface area contributed by atoms with Crippen LogP contribution in [-0.2, 0) is 118 Å². The van der Waals surface area contributed by atoms with Crippen LogP contribution in [0.15, 0.2) is 0 Å². The summed E-state index contributed by atoms with van der Waals surface area (Å²) >= 11 is 0. The number of ether oxygens (including phenoxy) is 25. The Morgan fingerprint density at radius 3 is 0.341 bits per heavy atom. The molecule has 0 aliphatic rings. The second-order valence-electron chi connectivity index (χ2n) is 20.3. The molecule has 0 bridgehead atoms. The van der Waals surface area contributed by atoms with Crippen molar-refractivity contribution in [2.24, 2.45) is 0 Å². The van der Waals surface area contributed by atoms with Crippen LogP contribution in [0, 0.1) is 0 Å². The zero-order valence-electron chi connectivity index (χ0n) is 56.9. The maximum Gasteiger partial charge on any atom is 0.0701 e. The molecule has 0 saturated carbocycles. The summed E-state index contributed by atoms with van der Waals surface area (Å²) in [6.45, 7) is 27.5. The minimum Gasteiger partial charge on any atom is -0.394 e. The third-order valence-electron chi connectivity index (χ3n) is 12.6. The second-order valence-corrected chi connectivity index (χ2v) is 20.3. The van der Waals surface area contributed by atoms with Gasteiger partial charge in [-0.1, -0.05) is 84.0 Å². The van der Waals surface area contributed by atoms with Gasteiger partial charge in [-0.15, -0.1) is 0 Å². The Labute approximate surface area is 549 Å². The maximum absolute atomic E-state index is 8.62. The molecule has 0 saturated heterocycles. The lowest BCUT2D eigenvalue weighted by Gasteiger charge is -2.09. The molecule has 0 aliphatic heterocycles. The van der Waals surface area contributed by atoms with E-state index in [9.17, 15) is 0 Å². The lowest BCUT2D eigenvalue weighted by molar-refractivity contribution is -0.0321. The van der Waals surface area contributed by atoms with Gasteiger partial charge < -0.3 is 124 Å². The van der Waals surface area contributed by atoms with Crippen molar-refractivity contribution in [2.75, 3.05) is 337 Å². The number of unbranched alkanes of at least 4 members (excludes halogenated alkanes) is 12. The average molecular weight is 1330 g/mol. The zero-order valence-corrected chi connectivity index (χ0v) is 56.9. The number of aliphatic hydroxyl groups is 1. The van der Waals surface area contributed by atoms with Gasteiger partial charge in [-0.2, -0.15) is 0 Å². The molecule has 0 fully saturated rings. The second kappa shape index (κ2) is 89.0. The van der Waals surface area contributed by atoms with Crippen molar-refractivity contribution in [3.8, 4) is 0 Å². The minimum atomic E-state index is 0.0181. The molecule has 26 nitrogen and oxygen atoms in total. The third-order valence-corrected chi connectivity index (χ3v) is 12.6. The van der Waals surface area contributed by atoms with E-state index in [-0.39, 0.29) is 6.61 Å². The highest BCUT2D eigenvalue weighted by atomic mass is 16.6. The summed E-state index contributed by atoms with van der Waals surface area (Å²) in [4.78, 5) is 0. The fraction of sp³-hybridized carbons (Fsp3) is 1.00. The van der Waals surface area contributed by atoms with Crippen LogP contribution >= 0.6 is 0 Å². The van der Waals surface area contributed by atoms with Crippen LogP contribution in [0.4, 0.5) is 0 Å². The van der Waals surface area contributed by atoms with Gasteiger partial charge in [0.2, 0.25) is 0 Å². The average Bonchev–Trinajstić information content (AvgIpc) is 3.56. The van der Waals surface area contributed by atoms with Crippen LogP contribution in [0.1, 0.15) is 90.4 Å². The van der Waals surface area contributed by atoms with Crippen molar-refractivity contribution < 1.29 is 124 Å². The summed E-state index contributed by atoms with van der Waals surface area (Å²) < 4.78 is 138. The standard InChI is InChI=1S/C65H132O26/c1-2-3-4-5-6-7-8-9-10-11-12-13-14-16-67-18-20-69-22-24-71-26-28-73-30-32-75-34-36-77-38-40-79-42-44-81-46-48-83-50-52-85-54-56-87-58-60-89-62-64-91-65-63-90-61-59-88-57-55-86-53-51-84-49-47-82-45-43-80-41-39-78-37-35-76-33-31-74-29-27-72-25-23-70-21-19-68-17-15-66/h66H,2-65H2,1H3. The molecule has 26 heteroatoms. The van der Waals surface area contributed by atoms with Crippen molar-refractivity contribution in [3.05, 3.63) is 0 Å². The lowest BCUT2D eigenvalue weighted by Crippen LogP contribution is -2.16. The van der Waals surface area contributed by atoms with Crippen molar-refractivity contribution in [2.45, 2.75) is 90.4 Å². The molecule has 0 atom stereocenters. The summed E-state index contributed by atoms with van der Waals surface area (Å²) in [6, 6.07) is 0. The van der Waals surface area contributed by atoms with E-state index in [4.69, 9.17) is 124 Å². The molecule has 0 unspecified atom stereocenters. The van der Waals surface area contributed by atoms with Gasteiger partial charge in [0.15, 0.2) is 0 Å². The molecule has 0 aromatic rings. The molecule has 0 aliphatic carbocycles. The Balaban J connectivity index is 3.09. The van der Waals surface area contributed by atoms with E-state index in [1.165, 1.54) is 77.0 Å². The van der Waals surface area contributed by atoms with Crippen molar-refractivity contribution in [1.29, 1.82) is 0 Å². The minimum absolute atomic E-state index is 0.0181. The molecular weight excluding hydrogens is 1200 g/mol. The van der Waals surface area contributed by atoms with Crippen LogP contribution in [0.3, 0.4) is 0 Å². The Kier molecular flexibility index (Phi) is 87.9. The van der Waals surface area contributed by atoms with Crippen molar-refractivity contribution in [1.82, 2.24) is 0 Å². The van der Waals surface area contributed by atoms with E-state index < -0.39 is 0 Å². The molecule has 1 N–H and O–H groups in total. The van der Waals surface area contributed by atoms with E-state index in [0.717, 1.165) is 13.0 Å². The summed E-state index contributed by atoms with van der Waals surface area (Å²) in [7, 11) is 0. The van der Waals surface area contributed by atoms with E-state index >= 15 is 0 Å². The predicted molar refractivity (Wildman–Crippen MR) is 343 cm³/mol. The van der Waals surface area contributed by atoms with Gasteiger partial charge in [0.05, 0.1) is 330 Å².